The van der Waals surface area contributed by atoms with Crippen LogP contribution in [0, 0.1) is 6.92 Å². The number of hydrogen-bond donors (Lipinski definition) is 1. The van der Waals surface area contributed by atoms with Crippen molar-refractivity contribution in [3.63, 3.8) is 0 Å². The summed E-state index contributed by atoms with van der Waals surface area (Å²) in [6.45, 7) is 1.80. The Kier molecular flexibility index (Phi) is 4.53. The molecule has 0 spiro atoms. The van der Waals surface area contributed by atoms with Crippen molar-refractivity contribution in [1.29, 1.82) is 0 Å². The molecule has 0 amide bonds. The predicted molar refractivity (Wildman–Crippen MR) is 93.4 cm³/mol. The number of sulfonamides is 1. The number of aryl methyl sites for hydroxylation is 1. The number of aromatic nitrogens is 1. The Morgan fingerprint density at radius 1 is 1.25 bits per heavy atom. The molecule has 3 aromatic rings. The monoisotopic (exact) mass is 384 g/mol. The van der Waals surface area contributed by atoms with Gasteiger partial charge in [0.2, 0.25) is 0 Å². The Bertz CT molecular complexity index is 979. The number of rotatable bonds is 5. The number of halogens is 1. The highest BCUT2D eigenvalue weighted by molar-refractivity contribution is 7.94. The first-order chi connectivity index (χ1) is 11.4. The summed E-state index contributed by atoms with van der Waals surface area (Å²) in [4.78, 5) is 0.684. The molecule has 0 fully saturated rings. The fraction of sp³-hybridized carbons (Fsp3) is 0.133. The second-order valence-electron chi connectivity index (χ2n) is 4.91. The van der Waals surface area contributed by atoms with E-state index in [-0.39, 0.29) is 4.21 Å². The molecule has 1 aromatic carbocycles. The van der Waals surface area contributed by atoms with Crippen LogP contribution in [0.3, 0.4) is 0 Å². The Balaban J connectivity index is 1.86. The molecule has 126 valence electrons. The van der Waals surface area contributed by atoms with Crippen molar-refractivity contribution in [2.75, 3.05) is 11.8 Å². The van der Waals surface area contributed by atoms with Crippen molar-refractivity contribution in [3.8, 4) is 16.4 Å². The number of anilines is 1. The van der Waals surface area contributed by atoms with Crippen LogP contribution in [0.2, 0.25) is 5.02 Å². The largest absolute Gasteiger partial charge is 0.495 e. The minimum absolute atomic E-state index is 0.165. The van der Waals surface area contributed by atoms with Gasteiger partial charge in [-0.15, -0.1) is 11.3 Å². The van der Waals surface area contributed by atoms with E-state index in [1.165, 1.54) is 19.2 Å². The highest BCUT2D eigenvalue weighted by atomic mass is 35.5. The average molecular weight is 385 g/mol. The van der Waals surface area contributed by atoms with Crippen molar-refractivity contribution in [2.45, 2.75) is 11.1 Å². The number of ether oxygens (including phenoxy) is 1. The maximum absolute atomic E-state index is 12.5. The molecule has 0 atom stereocenters. The van der Waals surface area contributed by atoms with E-state index in [0.717, 1.165) is 17.0 Å². The highest BCUT2D eigenvalue weighted by Gasteiger charge is 2.19. The van der Waals surface area contributed by atoms with Crippen molar-refractivity contribution in [3.05, 3.63) is 47.1 Å². The van der Waals surface area contributed by atoms with Crippen molar-refractivity contribution in [2.24, 2.45) is 0 Å². The van der Waals surface area contributed by atoms with E-state index in [1.54, 1.807) is 31.2 Å². The van der Waals surface area contributed by atoms with Gasteiger partial charge in [0.25, 0.3) is 10.0 Å². The minimum Gasteiger partial charge on any atom is -0.495 e. The molecule has 6 nitrogen and oxygen atoms in total. The van der Waals surface area contributed by atoms with Gasteiger partial charge < -0.3 is 9.26 Å². The lowest BCUT2D eigenvalue weighted by molar-refractivity contribution is 0.415. The molecule has 0 aliphatic rings. The van der Waals surface area contributed by atoms with Crippen molar-refractivity contribution in [1.82, 2.24) is 5.16 Å². The number of methoxy groups -OCH3 is 1. The molecule has 2 aromatic heterocycles. The summed E-state index contributed by atoms with van der Waals surface area (Å²) in [5.41, 5.74) is 1.08. The zero-order valence-electron chi connectivity index (χ0n) is 12.7. The summed E-state index contributed by atoms with van der Waals surface area (Å²) in [6, 6.07) is 9.62. The van der Waals surface area contributed by atoms with Crippen LogP contribution < -0.4 is 9.46 Å². The standard InChI is InChI=1S/C15H13ClN2O4S2/c1-9-7-13(22-17-9)14-5-6-15(23-14)24(19,20)18-10-3-4-12(21-2)11(16)8-10/h3-8,18H,1-2H3. The summed E-state index contributed by atoms with van der Waals surface area (Å²) in [6.07, 6.45) is 0. The first-order valence-corrected chi connectivity index (χ1v) is 9.47. The molecule has 24 heavy (non-hydrogen) atoms. The van der Waals surface area contributed by atoms with Crippen molar-refractivity contribution < 1.29 is 17.7 Å². The van der Waals surface area contributed by atoms with Crippen LogP contribution in [0.15, 0.2) is 45.1 Å². The number of benzene rings is 1. The molecule has 0 radical (unpaired) electrons. The van der Waals surface area contributed by atoms with Gasteiger partial charge in [0.1, 0.15) is 9.96 Å². The lowest BCUT2D eigenvalue weighted by atomic mass is 10.3. The number of thiophene rings is 1. The molecule has 3 rings (SSSR count). The van der Waals surface area contributed by atoms with E-state index in [1.807, 2.05) is 0 Å². The van der Waals surface area contributed by atoms with E-state index in [0.29, 0.717) is 27.1 Å². The number of nitrogens with one attached hydrogen (secondary N) is 1. The zero-order valence-corrected chi connectivity index (χ0v) is 15.1. The van der Waals surface area contributed by atoms with Crippen LogP contribution >= 0.6 is 22.9 Å². The highest BCUT2D eigenvalue weighted by Crippen LogP contribution is 2.33. The Morgan fingerprint density at radius 2 is 2.04 bits per heavy atom. The number of hydrogen-bond acceptors (Lipinski definition) is 6. The van der Waals surface area contributed by atoms with E-state index in [4.69, 9.17) is 20.9 Å². The third kappa shape index (κ3) is 3.40. The van der Waals surface area contributed by atoms with Gasteiger partial charge in [0, 0.05) is 6.07 Å². The van der Waals surface area contributed by atoms with Crippen molar-refractivity contribution >= 4 is 38.6 Å². The molecule has 0 saturated heterocycles. The number of nitrogens with zero attached hydrogens (tertiary/aromatic N) is 1. The van der Waals surface area contributed by atoms with E-state index in [2.05, 4.69) is 9.88 Å². The Morgan fingerprint density at radius 3 is 2.67 bits per heavy atom. The van der Waals surface area contributed by atoms with E-state index >= 15 is 0 Å². The van der Waals surface area contributed by atoms with Crippen LogP contribution in [0.4, 0.5) is 5.69 Å². The lowest BCUT2D eigenvalue weighted by Gasteiger charge is -2.08. The van der Waals surface area contributed by atoms with E-state index in [9.17, 15) is 8.42 Å². The van der Waals surface area contributed by atoms with Crippen LogP contribution in [0.1, 0.15) is 5.69 Å². The van der Waals surface area contributed by atoms with Gasteiger partial charge in [-0.1, -0.05) is 16.8 Å². The van der Waals surface area contributed by atoms with Gasteiger partial charge in [-0.25, -0.2) is 8.42 Å². The second-order valence-corrected chi connectivity index (χ2v) is 8.31. The molecule has 9 heteroatoms. The molecule has 0 saturated carbocycles. The van der Waals surface area contributed by atoms with Crippen LogP contribution in [-0.4, -0.2) is 20.7 Å². The van der Waals surface area contributed by atoms with Gasteiger partial charge >= 0.3 is 0 Å². The SMILES string of the molecule is COc1ccc(NS(=O)(=O)c2ccc(-c3cc(C)no3)s2)cc1Cl. The molecule has 0 aliphatic carbocycles. The maximum Gasteiger partial charge on any atom is 0.271 e. The summed E-state index contributed by atoms with van der Waals surface area (Å²) in [5.74, 6) is 1.00. The molecule has 1 N–H and O–H groups in total. The van der Waals surface area contributed by atoms with Gasteiger partial charge in [0.15, 0.2) is 5.76 Å². The molecule has 0 unspecified atom stereocenters. The molecular weight excluding hydrogens is 372 g/mol. The fourth-order valence-electron chi connectivity index (χ4n) is 2.01. The molecule has 2 heterocycles. The zero-order chi connectivity index (χ0) is 17.3. The lowest BCUT2D eigenvalue weighted by Crippen LogP contribution is -2.11. The minimum atomic E-state index is -3.72. The summed E-state index contributed by atoms with van der Waals surface area (Å²) < 4.78 is 37.8. The molecular formula is C15H13ClN2O4S2. The normalized spacial score (nSPS) is 11.5. The fourth-order valence-corrected chi connectivity index (χ4v) is 4.57. The van der Waals surface area contributed by atoms with Crippen LogP contribution in [0.25, 0.3) is 10.6 Å². The molecule has 0 aliphatic heterocycles. The Labute approximate surface area is 148 Å². The Hall–Kier alpha value is -2.03. The van der Waals surface area contributed by atoms with Gasteiger partial charge in [-0.2, -0.15) is 0 Å². The third-order valence-corrected chi connectivity index (χ3v) is 6.39. The first kappa shape index (κ1) is 16.8. The third-order valence-electron chi connectivity index (χ3n) is 3.12. The predicted octanol–water partition coefficient (Wildman–Crippen LogP) is 4.17. The first-order valence-electron chi connectivity index (χ1n) is 6.79. The molecule has 0 bridgehead atoms. The van der Waals surface area contributed by atoms with Gasteiger partial charge in [-0.05, 0) is 37.3 Å². The van der Waals surface area contributed by atoms with Gasteiger partial charge in [-0.3, -0.25) is 4.72 Å². The topological polar surface area (TPSA) is 81.4 Å². The van der Waals surface area contributed by atoms with Crippen LogP contribution in [-0.2, 0) is 10.0 Å². The smallest absolute Gasteiger partial charge is 0.271 e. The quantitative estimate of drug-likeness (QED) is 0.713. The summed E-state index contributed by atoms with van der Waals surface area (Å²) >= 11 is 7.11. The van der Waals surface area contributed by atoms with Crippen LogP contribution in [0.5, 0.6) is 5.75 Å². The van der Waals surface area contributed by atoms with E-state index < -0.39 is 10.0 Å². The van der Waals surface area contributed by atoms with Gasteiger partial charge in [0.05, 0.1) is 28.4 Å². The average Bonchev–Trinajstić information content (AvgIpc) is 3.16. The summed E-state index contributed by atoms with van der Waals surface area (Å²) in [7, 11) is -2.23. The summed E-state index contributed by atoms with van der Waals surface area (Å²) in [5, 5.41) is 4.12. The maximum atomic E-state index is 12.5. The second kappa shape index (κ2) is 6.46.